The van der Waals surface area contributed by atoms with Crippen molar-refractivity contribution in [2.45, 2.75) is 161 Å². The molecule has 28 heteroatoms. The van der Waals surface area contributed by atoms with E-state index in [0.717, 1.165) is 41.8 Å². The first-order valence-electron chi connectivity index (χ1n) is 23.0. The van der Waals surface area contributed by atoms with Gasteiger partial charge in [-0.1, -0.05) is 123 Å². The zero-order valence-corrected chi connectivity index (χ0v) is 42.8. The third kappa shape index (κ3) is 21.9. The number of nitrogens with zero attached hydrogens (tertiary/aromatic N) is 4. The van der Waals surface area contributed by atoms with Crippen LogP contribution in [0.1, 0.15) is 137 Å². The third-order valence-electron chi connectivity index (χ3n) is 11.1. The van der Waals surface area contributed by atoms with E-state index < -0.39 is 84.6 Å². The van der Waals surface area contributed by atoms with Crippen LogP contribution in [0.25, 0.3) is 11.2 Å². The molecule has 0 saturated carbocycles. The molecule has 10 N–H and O–H groups in total. The fraction of sp³-hybridized carbons (Fsp3) is 0.800. The average molecular weight is 1050 g/mol. The van der Waals surface area contributed by atoms with E-state index in [9.17, 15) is 57.9 Å². The molecule has 2 aromatic rings. The number of nitrogens with one attached hydrogen (secondary N) is 2. The predicted molar refractivity (Wildman–Crippen MR) is 251 cm³/mol. The molecule has 0 spiro atoms. The number of aliphatic hydroxyl groups excluding tert-OH is 2. The summed E-state index contributed by atoms with van der Waals surface area (Å²) in [6.45, 7) is 5.06. The summed E-state index contributed by atoms with van der Waals surface area (Å²) in [5, 5.41) is 26.7. The van der Waals surface area contributed by atoms with Gasteiger partial charge < -0.3 is 50.9 Å². The van der Waals surface area contributed by atoms with Crippen molar-refractivity contribution in [1.82, 2.24) is 30.2 Å². The van der Waals surface area contributed by atoms with Crippen molar-refractivity contribution in [2.75, 3.05) is 37.8 Å². The van der Waals surface area contributed by atoms with Crippen LogP contribution < -0.4 is 16.4 Å². The highest BCUT2D eigenvalue weighted by atomic mass is 32.2. The number of nitrogen functional groups attached to an aromatic ring is 1. The molecule has 0 aromatic carbocycles. The van der Waals surface area contributed by atoms with Gasteiger partial charge in [0.15, 0.2) is 22.8 Å². The molecule has 24 nitrogen and oxygen atoms in total. The zero-order valence-electron chi connectivity index (χ0n) is 39.3. The van der Waals surface area contributed by atoms with Gasteiger partial charge in [-0.25, -0.2) is 28.6 Å². The van der Waals surface area contributed by atoms with Gasteiger partial charge >= 0.3 is 23.5 Å². The van der Waals surface area contributed by atoms with Crippen molar-refractivity contribution >= 4 is 69.1 Å². The Morgan fingerprint density at radius 1 is 0.882 bits per heavy atom. The molecule has 1 aliphatic rings. The van der Waals surface area contributed by atoms with Gasteiger partial charge in [0.05, 0.1) is 19.5 Å². The highest BCUT2D eigenvalue weighted by molar-refractivity contribution is 8.13. The molecule has 1 saturated heterocycles. The number of phosphoric ester groups is 3. The van der Waals surface area contributed by atoms with Gasteiger partial charge in [0.25, 0.3) is 0 Å². The lowest BCUT2D eigenvalue weighted by molar-refractivity contribution is -0.137. The number of anilines is 1. The number of amides is 2. The van der Waals surface area contributed by atoms with E-state index in [1.54, 1.807) is 0 Å². The van der Waals surface area contributed by atoms with Crippen LogP contribution in [-0.4, -0.2) is 123 Å². The van der Waals surface area contributed by atoms with E-state index in [1.807, 2.05) is 0 Å². The van der Waals surface area contributed by atoms with Crippen molar-refractivity contribution in [3.8, 4) is 0 Å². The Hall–Kier alpha value is -2.44. The first kappa shape index (κ1) is 59.9. The van der Waals surface area contributed by atoms with E-state index in [2.05, 4.69) is 48.3 Å². The second-order valence-electron chi connectivity index (χ2n) is 17.6. The Bertz CT molecular complexity index is 2030. The Balaban J connectivity index is 1.31. The number of fused-ring (bicyclic) bond motifs is 1. The molecule has 2 amide bonds. The quantitative estimate of drug-likeness (QED) is 0.0317. The van der Waals surface area contributed by atoms with E-state index in [-0.39, 0.29) is 41.6 Å². The summed E-state index contributed by atoms with van der Waals surface area (Å²) in [7, 11) is -16.4. The van der Waals surface area contributed by atoms with Crippen LogP contribution in [0.4, 0.5) is 5.82 Å². The molecule has 8 unspecified atom stereocenters. The van der Waals surface area contributed by atoms with E-state index >= 15 is 0 Å². The smallest absolute Gasteiger partial charge is 0.386 e. The Morgan fingerprint density at radius 2 is 1.50 bits per heavy atom. The summed E-state index contributed by atoms with van der Waals surface area (Å²) in [4.78, 5) is 88.6. The second-order valence-corrected chi connectivity index (χ2v) is 23.0. The minimum Gasteiger partial charge on any atom is -0.386 e. The molecule has 8 atom stereocenters. The normalized spacial score (nSPS) is 20.4. The minimum absolute atomic E-state index is 0.0338. The summed E-state index contributed by atoms with van der Waals surface area (Å²) in [5.74, 6) is -0.445. The van der Waals surface area contributed by atoms with E-state index in [1.165, 1.54) is 90.9 Å². The largest absolute Gasteiger partial charge is 0.481 e. The van der Waals surface area contributed by atoms with Crippen molar-refractivity contribution in [2.24, 2.45) is 11.3 Å². The molecule has 3 heterocycles. The number of rotatable bonds is 35. The van der Waals surface area contributed by atoms with Crippen LogP contribution in [0.15, 0.2) is 12.7 Å². The molecule has 2 aromatic heterocycles. The highest BCUT2D eigenvalue weighted by Crippen LogP contribution is 2.61. The summed E-state index contributed by atoms with van der Waals surface area (Å²) < 4.78 is 62.5. The van der Waals surface area contributed by atoms with Crippen molar-refractivity contribution in [3.05, 3.63) is 12.7 Å². The fourth-order valence-electron chi connectivity index (χ4n) is 7.26. The molecule has 0 bridgehead atoms. The second kappa shape index (κ2) is 29.2. The molecule has 68 heavy (non-hydrogen) atoms. The average Bonchev–Trinajstić information content (AvgIpc) is 3.82. The molecular formula is C40H72N7O17P3S. The number of carbonyl (C=O) groups excluding carboxylic acids is 3. The first-order valence-corrected chi connectivity index (χ1v) is 28.5. The van der Waals surface area contributed by atoms with Gasteiger partial charge in [-0.3, -0.25) is 32.5 Å². The number of unbranched alkanes of at least 4 members (excludes halogenated alkanes) is 10. The predicted octanol–water partition coefficient (Wildman–Crippen LogP) is 5.17. The monoisotopic (exact) mass is 1050 g/mol. The zero-order chi connectivity index (χ0) is 50.5. The highest BCUT2D eigenvalue weighted by Gasteiger charge is 2.50. The van der Waals surface area contributed by atoms with Crippen LogP contribution in [0.2, 0.25) is 0 Å². The number of phosphoric acid groups is 3. The van der Waals surface area contributed by atoms with Crippen LogP contribution in [-0.2, 0) is 50.7 Å². The lowest BCUT2D eigenvalue weighted by Gasteiger charge is -2.30. The lowest BCUT2D eigenvalue weighted by atomic mass is 9.87. The Morgan fingerprint density at radius 3 is 2.15 bits per heavy atom. The van der Waals surface area contributed by atoms with Crippen LogP contribution in [0.5, 0.6) is 0 Å². The molecule has 1 aliphatic heterocycles. The van der Waals surface area contributed by atoms with Gasteiger partial charge in [-0.2, -0.15) is 4.31 Å². The SMILES string of the molecule is CCCCCCCCCCCCCC(C)CCCC(=O)SCCNC(=O)CCNC(=O)C(O)C(C)(C)COP(=O)(O)OP(=O)(O)OCC1OC(n2cnc3c(N)ncnc32)C(O)C1OP(=O)(O)O. The van der Waals surface area contributed by atoms with E-state index in [0.29, 0.717) is 18.1 Å². The fourth-order valence-corrected chi connectivity index (χ4v) is 10.8. The summed E-state index contributed by atoms with van der Waals surface area (Å²) >= 11 is 1.16. The van der Waals surface area contributed by atoms with Crippen molar-refractivity contribution in [3.63, 3.8) is 0 Å². The molecule has 3 rings (SSSR count). The van der Waals surface area contributed by atoms with Gasteiger partial charge in [-0.05, 0) is 12.3 Å². The number of aliphatic hydroxyl groups is 2. The number of ether oxygens (including phenoxy) is 1. The molecule has 1 fully saturated rings. The topological polar surface area (TPSA) is 364 Å². The van der Waals surface area contributed by atoms with Crippen molar-refractivity contribution in [1.29, 1.82) is 0 Å². The molecule has 390 valence electrons. The summed E-state index contributed by atoms with van der Waals surface area (Å²) in [6, 6.07) is 0. The summed E-state index contributed by atoms with van der Waals surface area (Å²) in [5.41, 5.74) is 4.29. The Kier molecular flexibility index (Phi) is 25.7. The maximum Gasteiger partial charge on any atom is 0.481 e. The van der Waals surface area contributed by atoms with Gasteiger partial charge in [0.2, 0.25) is 11.8 Å². The van der Waals surface area contributed by atoms with Crippen LogP contribution in [0.3, 0.4) is 0 Å². The third-order valence-corrected chi connectivity index (χ3v) is 15.2. The number of imidazole rings is 1. The number of nitrogens with two attached hydrogens (primary N) is 1. The minimum atomic E-state index is -5.58. The van der Waals surface area contributed by atoms with E-state index in [4.69, 9.17) is 19.5 Å². The van der Waals surface area contributed by atoms with Gasteiger partial charge in [0, 0.05) is 37.1 Å². The number of carbonyl (C=O) groups is 3. The standard InChI is InChI=1S/C40H72N7O17P3S/c1-5-6-7-8-9-10-11-12-13-14-15-17-28(2)18-16-19-31(49)68-23-22-42-30(48)20-21-43-38(52)35(51)40(3,4)25-61-67(58,59)64-66(56,57)60-24-29-34(63-65(53,54)55)33(50)39(62-29)47-27-46-32-36(41)44-26-45-37(32)47/h26-29,33-35,39,50-51H,5-25H2,1-4H3,(H,42,48)(H,43,52)(H,56,57)(H,58,59)(H2,41,44,45)(H2,53,54,55). The maximum atomic E-state index is 12.8. The maximum absolute atomic E-state index is 12.8. The van der Waals surface area contributed by atoms with Crippen molar-refractivity contribution < 1.29 is 80.5 Å². The van der Waals surface area contributed by atoms with Crippen LogP contribution in [0, 0.1) is 11.3 Å². The Labute approximate surface area is 401 Å². The van der Waals surface area contributed by atoms with Crippen LogP contribution >= 0.6 is 35.2 Å². The number of thioether (sulfide) groups is 1. The lowest BCUT2D eigenvalue weighted by Crippen LogP contribution is -2.46. The summed E-state index contributed by atoms with van der Waals surface area (Å²) in [6.07, 6.45) is 11.1. The number of hydrogen-bond donors (Lipinski definition) is 9. The van der Waals surface area contributed by atoms with Gasteiger partial charge in [0.1, 0.15) is 36.3 Å². The first-order chi connectivity index (χ1) is 31.9. The molecule has 0 radical (unpaired) electrons. The number of hydrogen-bond acceptors (Lipinski definition) is 18. The molecule has 0 aliphatic carbocycles. The number of aromatic nitrogens is 4. The molecular weight excluding hydrogens is 975 g/mol. The van der Waals surface area contributed by atoms with Gasteiger partial charge in [-0.15, -0.1) is 0 Å².